The molecule has 0 saturated carbocycles. The summed E-state index contributed by atoms with van der Waals surface area (Å²) in [6.07, 6.45) is 0. The molecule has 1 fully saturated rings. The lowest BCUT2D eigenvalue weighted by Crippen LogP contribution is -2.32. The van der Waals surface area contributed by atoms with Crippen molar-refractivity contribution in [1.82, 2.24) is 4.98 Å². The minimum Gasteiger partial charge on any atom is -0.489 e. The van der Waals surface area contributed by atoms with E-state index in [-0.39, 0.29) is 16.7 Å². The smallest absolute Gasteiger partial charge is 0.305 e. The Hall–Kier alpha value is -3.33. The highest BCUT2D eigenvalue weighted by Crippen LogP contribution is 2.54. The van der Waals surface area contributed by atoms with E-state index in [1.165, 1.54) is 16.7 Å². The zero-order chi connectivity index (χ0) is 24.8. The molecule has 1 N–H and O–H groups in total. The van der Waals surface area contributed by atoms with Crippen LogP contribution < -0.4 is 14.5 Å². The maximum Gasteiger partial charge on any atom is 0.305 e. The maximum absolute atomic E-state index is 13.9. The van der Waals surface area contributed by atoms with Crippen molar-refractivity contribution in [3.05, 3.63) is 110 Å². The Balaban J connectivity index is 1.43. The molecule has 3 unspecified atom stereocenters. The molecule has 2 aliphatic rings. The van der Waals surface area contributed by atoms with E-state index in [0.29, 0.717) is 28.1 Å². The van der Waals surface area contributed by atoms with Gasteiger partial charge >= 0.3 is 4.87 Å². The Morgan fingerprint density at radius 3 is 2.39 bits per heavy atom. The van der Waals surface area contributed by atoms with Gasteiger partial charge in [0, 0.05) is 21.4 Å². The summed E-state index contributed by atoms with van der Waals surface area (Å²) < 4.78 is 6.22. The Bertz CT molecular complexity index is 1520. The van der Waals surface area contributed by atoms with Crippen LogP contribution in [0.25, 0.3) is 0 Å². The van der Waals surface area contributed by atoms with E-state index in [2.05, 4.69) is 4.98 Å². The lowest BCUT2D eigenvalue weighted by Gasteiger charge is -2.30. The van der Waals surface area contributed by atoms with Crippen LogP contribution in [0.1, 0.15) is 21.9 Å². The molecule has 0 aliphatic carbocycles. The highest BCUT2D eigenvalue weighted by atomic mass is 35.5. The number of hydrogen-bond donors (Lipinski definition) is 1. The predicted molar refractivity (Wildman–Crippen MR) is 141 cm³/mol. The zero-order valence-electron chi connectivity index (χ0n) is 18.7. The van der Waals surface area contributed by atoms with Crippen LogP contribution in [0, 0.1) is 5.92 Å². The number of halogens is 1. The number of H-pyrrole nitrogens is 1. The summed E-state index contributed by atoms with van der Waals surface area (Å²) in [5.41, 5.74) is 2.27. The van der Waals surface area contributed by atoms with Crippen LogP contribution in [-0.2, 0) is 16.2 Å². The van der Waals surface area contributed by atoms with Gasteiger partial charge in [-0.05, 0) is 35.9 Å². The minimum atomic E-state index is -0.682. The van der Waals surface area contributed by atoms with Gasteiger partial charge in [-0.25, -0.2) is 4.90 Å². The highest BCUT2D eigenvalue weighted by molar-refractivity contribution is 8.00. The van der Waals surface area contributed by atoms with Crippen LogP contribution >= 0.6 is 34.7 Å². The number of hydrogen-bond acceptors (Lipinski definition) is 6. The Morgan fingerprint density at radius 2 is 1.61 bits per heavy atom. The van der Waals surface area contributed by atoms with Gasteiger partial charge < -0.3 is 9.72 Å². The third-order valence-corrected chi connectivity index (χ3v) is 9.05. The SMILES string of the molecule is O=C1C2Sc3[nH]c(=O)sc3C(c3ccccc3OCc3ccccc3)C2C(=O)N1c1ccc(Cl)cc1. The number of carbonyl (C=O) groups excluding carboxylic acids is 2. The zero-order valence-corrected chi connectivity index (χ0v) is 21.1. The summed E-state index contributed by atoms with van der Waals surface area (Å²) in [6.45, 7) is 0.355. The fourth-order valence-corrected chi connectivity index (χ4v) is 7.43. The molecule has 3 heterocycles. The largest absolute Gasteiger partial charge is 0.489 e. The number of anilines is 1. The van der Waals surface area contributed by atoms with E-state index < -0.39 is 17.1 Å². The lowest BCUT2D eigenvalue weighted by atomic mass is 9.82. The predicted octanol–water partition coefficient (Wildman–Crippen LogP) is 5.46. The molecule has 0 radical (unpaired) electrons. The second kappa shape index (κ2) is 9.28. The minimum absolute atomic E-state index is 0.213. The first-order chi connectivity index (χ1) is 17.5. The van der Waals surface area contributed by atoms with Gasteiger partial charge in [-0.2, -0.15) is 0 Å². The van der Waals surface area contributed by atoms with Gasteiger partial charge in [0.05, 0.1) is 16.6 Å². The number of nitrogens with one attached hydrogen (secondary N) is 1. The number of para-hydroxylation sites is 1. The second-order valence-electron chi connectivity index (χ2n) is 8.55. The molecular formula is C27H19ClN2O4S2. The second-order valence-corrected chi connectivity index (χ2v) is 11.2. The lowest BCUT2D eigenvalue weighted by molar-refractivity contribution is -0.122. The van der Waals surface area contributed by atoms with Crippen molar-refractivity contribution < 1.29 is 14.3 Å². The van der Waals surface area contributed by atoms with E-state index in [4.69, 9.17) is 16.3 Å². The van der Waals surface area contributed by atoms with Crippen molar-refractivity contribution in [3.63, 3.8) is 0 Å². The Morgan fingerprint density at radius 1 is 0.889 bits per heavy atom. The molecule has 36 heavy (non-hydrogen) atoms. The van der Waals surface area contributed by atoms with Gasteiger partial charge in [0.1, 0.15) is 17.6 Å². The summed E-state index contributed by atoms with van der Waals surface area (Å²) in [7, 11) is 0. The molecule has 180 valence electrons. The van der Waals surface area contributed by atoms with Crippen LogP contribution in [-0.4, -0.2) is 22.0 Å². The molecule has 6 rings (SSSR count). The molecule has 0 bridgehead atoms. The number of aromatic amines is 1. The third-order valence-electron chi connectivity index (χ3n) is 6.40. The monoisotopic (exact) mass is 534 g/mol. The number of aromatic nitrogens is 1. The number of carbonyl (C=O) groups is 2. The van der Waals surface area contributed by atoms with Crippen LogP contribution in [0.3, 0.4) is 0 Å². The number of thioether (sulfide) groups is 1. The third kappa shape index (κ3) is 3.95. The van der Waals surface area contributed by atoms with Gasteiger partial charge in [-0.3, -0.25) is 14.4 Å². The molecule has 1 saturated heterocycles. The summed E-state index contributed by atoms with van der Waals surface area (Å²) in [4.78, 5) is 44.4. The summed E-state index contributed by atoms with van der Waals surface area (Å²) >= 11 is 8.36. The normalized spacial score (nSPS) is 20.8. The standard InChI is InChI=1S/C27H19ClN2O4S2/c28-16-10-12-17(13-11-16)30-25(31)21-20(22-24(29-27(33)36-22)35-23(21)26(30)32)18-8-4-5-9-19(18)34-14-15-6-2-1-3-7-15/h1-13,20-21,23H,14H2,(H,29,33). The molecule has 9 heteroatoms. The van der Waals surface area contributed by atoms with Crippen LogP contribution in [0.15, 0.2) is 88.7 Å². The van der Waals surface area contributed by atoms with E-state index >= 15 is 0 Å². The van der Waals surface area contributed by atoms with Gasteiger partial charge in [0.25, 0.3) is 0 Å². The number of thiazole rings is 1. The average Bonchev–Trinajstić information content (AvgIpc) is 3.38. The average molecular weight is 535 g/mol. The molecule has 0 spiro atoms. The molecule has 3 aromatic carbocycles. The van der Waals surface area contributed by atoms with Crippen molar-refractivity contribution >= 4 is 52.2 Å². The number of ether oxygens (including phenoxy) is 1. The fourth-order valence-electron chi connectivity index (χ4n) is 4.80. The van der Waals surface area contributed by atoms with Crippen molar-refractivity contribution in [2.75, 3.05) is 4.90 Å². The van der Waals surface area contributed by atoms with Gasteiger partial charge in [-0.15, -0.1) is 0 Å². The van der Waals surface area contributed by atoms with Gasteiger partial charge in [0.2, 0.25) is 11.8 Å². The Kier molecular flexibility index (Phi) is 5.95. The molecule has 4 aromatic rings. The van der Waals surface area contributed by atoms with Crippen molar-refractivity contribution in [2.24, 2.45) is 5.92 Å². The first-order valence-electron chi connectivity index (χ1n) is 11.3. The van der Waals surface area contributed by atoms with E-state index in [9.17, 15) is 14.4 Å². The first-order valence-corrected chi connectivity index (χ1v) is 13.4. The van der Waals surface area contributed by atoms with Crippen molar-refractivity contribution in [3.8, 4) is 5.75 Å². The van der Waals surface area contributed by atoms with Crippen LogP contribution in [0.2, 0.25) is 5.02 Å². The number of fused-ring (bicyclic) bond motifs is 2. The molecule has 2 amide bonds. The molecule has 1 aromatic heterocycles. The van der Waals surface area contributed by atoms with E-state index in [1.54, 1.807) is 24.3 Å². The fraction of sp³-hybridized carbons (Fsp3) is 0.148. The summed E-state index contributed by atoms with van der Waals surface area (Å²) in [5.74, 6) is -1.17. The molecular weight excluding hydrogens is 516 g/mol. The molecule has 2 aliphatic heterocycles. The molecule has 6 nitrogen and oxygen atoms in total. The quantitative estimate of drug-likeness (QED) is 0.344. The Labute approximate surface area is 219 Å². The summed E-state index contributed by atoms with van der Waals surface area (Å²) in [5, 5.41) is 0.484. The highest BCUT2D eigenvalue weighted by Gasteiger charge is 2.56. The number of rotatable bonds is 5. The van der Waals surface area contributed by atoms with Gasteiger partial charge in [0.15, 0.2) is 0 Å². The molecule has 3 atom stereocenters. The number of benzene rings is 3. The summed E-state index contributed by atoms with van der Waals surface area (Å²) in [6, 6.07) is 24.0. The van der Waals surface area contributed by atoms with Crippen molar-refractivity contribution in [2.45, 2.75) is 22.8 Å². The van der Waals surface area contributed by atoms with Crippen LogP contribution in [0.5, 0.6) is 5.75 Å². The van der Waals surface area contributed by atoms with E-state index in [0.717, 1.165) is 27.3 Å². The number of imide groups is 1. The number of nitrogens with zero attached hydrogens (tertiary/aromatic N) is 1. The first kappa shape index (κ1) is 23.1. The van der Waals surface area contributed by atoms with Gasteiger partial charge in [-0.1, -0.05) is 83.2 Å². The topological polar surface area (TPSA) is 79.5 Å². The maximum atomic E-state index is 13.9. The number of amides is 2. The van der Waals surface area contributed by atoms with Crippen LogP contribution in [0.4, 0.5) is 5.69 Å². The van der Waals surface area contributed by atoms with Crippen molar-refractivity contribution in [1.29, 1.82) is 0 Å². The van der Waals surface area contributed by atoms with E-state index in [1.807, 2.05) is 54.6 Å².